The van der Waals surface area contributed by atoms with Crippen LogP contribution in [0.3, 0.4) is 0 Å². The third-order valence-corrected chi connectivity index (χ3v) is 6.79. The van der Waals surface area contributed by atoms with Crippen LogP contribution >= 0.6 is 0 Å². The summed E-state index contributed by atoms with van der Waals surface area (Å²) in [7, 11) is 0. The van der Waals surface area contributed by atoms with Crippen LogP contribution in [-0.2, 0) is 9.47 Å². The summed E-state index contributed by atoms with van der Waals surface area (Å²) in [5, 5.41) is 0. The lowest BCUT2D eigenvalue weighted by Gasteiger charge is -2.58. The third kappa shape index (κ3) is 3.56. The van der Waals surface area contributed by atoms with Crippen molar-refractivity contribution < 1.29 is 9.47 Å². The molecule has 2 rings (SSSR count). The van der Waals surface area contributed by atoms with E-state index in [0.717, 1.165) is 19.8 Å². The maximum atomic E-state index is 5.85. The Bertz CT molecular complexity index is 339. The zero-order chi connectivity index (χ0) is 19.2. The van der Waals surface area contributed by atoms with Gasteiger partial charge in [0.15, 0.2) is 0 Å². The minimum atomic E-state index is 0.0972. The normalized spacial score (nSPS) is 23.5. The highest BCUT2D eigenvalue weighted by atomic mass is 16.5. The van der Waals surface area contributed by atoms with Crippen LogP contribution in [-0.4, -0.2) is 25.4 Å². The Morgan fingerprint density at radius 1 is 0.583 bits per heavy atom. The SMILES string of the molecule is CC(C)(C)C1(C(C)(C)C)CCO1.CC(C)(C)C1(C(C)(C)C)COC1. The second kappa shape index (κ2) is 6.27. The molecule has 2 saturated heterocycles. The second-order valence-electron chi connectivity index (χ2n) is 12.0. The zero-order valence-corrected chi connectivity index (χ0v) is 18.6. The molecule has 2 heteroatoms. The molecule has 0 amide bonds. The fourth-order valence-electron chi connectivity index (χ4n) is 4.91. The van der Waals surface area contributed by atoms with Gasteiger partial charge in [-0.15, -0.1) is 0 Å². The van der Waals surface area contributed by atoms with Gasteiger partial charge in [-0.1, -0.05) is 83.1 Å². The lowest BCUT2D eigenvalue weighted by molar-refractivity contribution is -0.258. The number of ether oxygens (including phenoxy) is 2. The minimum Gasteiger partial charge on any atom is -0.380 e. The fourth-order valence-corrected chi connectivity index (χ4v) is 4.91. The van der Waals surface area contributed by atoms with Gasteiger partial charge in [0, 0.05) is 11.8 Å². The van der Waals surface area contributed by atoms with Crippen LogP contribution in [0.15, 0.2) is 0 Å². The molecule has 0 N–H and O–H groups in total. The van der Waals surface area contributed by atoms with Crippen molar-refractivity contribution in [3.05, 3.63) is 0 Å². The minimum absolute atomic E-state index is 0.0972. The van der Waals surface area contributed by atoms with Crippen molar-refractivity contribution in [2.75, 3.05) is 19.8 Å². The van der Waals surface area contributed by atoms with Gasteiger partial charge in [0.2, 0.25) is 0 Å². The molecular formula is C22H44O2. The maximum absolute atomic E-state index is 5.85. The average Bonchev–Trinajstić information content (AvgIpc) is 2.00. The van der Waals surface area contributed by atoms with Crippen LogP contribution in [0.25, 0.3) is 0 Å². The highest BCUT2D eigenvalue weighted by Gasteiger charge is 2.56. The molecule has 0 aromatic heterocycles. The standard InChI is InChI=1S/2C11H22O/c1-9(2,3)11(7-12-8-11)10(4,5)6;1-9(2,3)11(7-8-12-11)10(4,5)6/h2*7-8H2,1-6H3. The Balaban J connectivity index is 0.000000240. The molecule has 0 aromatic carbocycles. The summed E-state index contributed by atoms with van der Waals surface area (Å²) >= 11 is 0. The molecule has 0 saturated carbocycles. The summed E-state index contributed by atoms with van der Waals surface area (Å²) in [5.74, 6) is 0. The van der Waals surface area contributed by atoms with E-state index in [1.54, 1.807) is 0 Å². The fraction of sp³-hybridized carbons (Fsp3) is 1.00. The van der Waals surface area contributed by atoms with Crippen molar-refractivity contribution in [3.8, 4) is 0 Å². The van der Waals surface area contributed by atoms with Crippen LogP contribution in [0.4, 0.5) is 0 Å². The van der Waals surface area contributed by atoms with Gasteiger partial charge in [0.05, 0.1) is 25.4 Å². The Morgan fingerprint density at radius 2 is 0.917 bits per heavy atom. The number of rotatable bonds is 0. The molecular weight excluding hydrogens is 296 g/mol. The maximum Gasteiger partial charge on any atom is 0.0800 e. The van der Waals surface area contributed by atoms with Gasteiger partial charge in [-0.2, -0.15) is 0 Å². The molecule has 0 aromatic rings. The van der Waals surface area contributed by atoms with Gasteiger partial charge in [0.25, 0.3) is 0 Å². The summed E-state index contributed by atoms with van der Waals surface area (Å²) in [5.41, 5.74) is 1.68. The van der Waals surface area contributed by atoms with Gasteiger partial charge in [-0.25, -0.2) is 0 Å². The van der Waals surface area contributed by atoms with Crippen molar-refractivity contribution in [3.63, 3.8) is 0 Å². The van der Waals surface area contributed by atoms with E-state index in [-0.39, 0.29) is 16.4 Å². The summed E-state index contributed by atoms with van der Waals surface area (Å²) < 4.78 is 11.2. The van der Waals surface area contributed by atoms with Crippen LogP contribution in [0.1, 0.15) is 89.5 Å². The molecule has 2 heterocycles. The summed E-state index contributed by atoms with van der Waals surface area (Å²) in [6, 6.07) is 0. The van der Waals surface area contributed by atoms with E-state index in [1.807, 2.05) is 0 Å². The van der Waals surface area contributed by atoms with Crippen molar-refractivity contribution in [2.24, 2.45) is 27.1 Å². The predicted octanol–water partition coefficient (Wildman–Crippen LogP) is 6.33. The Kier molecular flexibility index (Phi) is 5.73. The molecule has 24 heavy (non-hydrogen) atoms. The Hall–Kier alpha value is -0.0800. The van der Waals surface area contributed by atoms with Crippen molar-refractivity contribution in [1.82, 2.24) is 0 Å². The third-order valence-electron chi connectivity index (χ3n) is 6.79. The predicted molar refractivity (Wildman–Crippen MR) is 104 cm³/mol. The van der Waals surface area contributed by atoms with E-state index in [1.165, 1.54) is 6.42 Å². The highest BCUT2D eigenvalue weighted by Crippen LogP contribution is 2.56. The van der Waals surface area contributed by atoms with Crippen LogP contribution in [0, 0.1) is 27.1 Å². The number of hydrogen-bond acceptors (Lipinski definition) is 2. The lowest BCUT2D eigenvalue weighted by atomic mass is 9.53. The molecule has 2 aliphatic rings. The smallest absolute Gasteiger partial charge is 0.0800 e. The van der Waals surface area contributed by atoms with E-state index in [2.05, 4.69) is 83.1 Å². The largest absolute Gasteiger partial charge is 0.380 e. The second-order valence-corrected chi connectivity index (χ2v) is 12.0. The van der Waals surface area contributed by atoms with Crippen molar-refractivity contribution in [1.29, 1.82) is 0 Å². The summed E-state index contributed by atoms with van der Waals surface area (Å²) in [4.78, 5) is 0. The highest BCUT2D eigenvalue weighted by molar-refractivity contribution is 5.05. The van der Waals surface area contributed by atoms with E-state index >= 15 is 0 Å². The molecule has 0 spiro atoms. The van der Waals surface area contributed by atoms with E-state index in [4.69, 9.17) is 9.47 Å². The molecule has 0 unspecified atom stereocenters. The van der Waals surface area contributed by atoms with Gasteiger partial charge in [-0.3, -0.25) is 0 Å². The van der Waals surface area contributed by atoms with Gasteiger partial charge in [-0.05, 0) is 21.7 Å². The molecule has 2 fully saturated rings. The molecule has 0 radical (unpaired) electrons. The first-order valence-corrected chi connectivity index (χ1v) is 9.63. The lowest BCUT2D eigenvalue weighted by Crippen LogP contribution is -2.61. The zero-order valence-electron chi connectivity index (χ0n) is 18.6. The van der Waals surface area contributed by atoms with Crippen LogP contribution in [0.5, 0.6) is 0 Å². The summed E-state index contributed by atoms with van der Waals surface area (Å²) in [6.07, 6.45) is 1.21. The molecule has 144 valence electrons. The van der Waals surface area contributed by atoms with Crippen LogP contribution < -0.4 is 0 Å². The Morgan fingerprint density at radius 3 is 0.917 bits per heavy atom. The topological polar surface area (TPSA) is 18.5 Å². The first-order chi connectivity index (χ1) is 10.4. The first kappa shape index (κ1) is 22.0. The average molecular weight is 341 g/mol. The first-order valence-electron chi connectivity index (χ1n) is 9.63. The van der Waals surface area contributed by atoms with Gasteiger partial charge >= 0.3 is 0 Å². The molecule has 0 bridgehead atoms. The number of hydrogen-bond donors (Lipinski definition) is 0. The molecule has 2 aliphatic heterocycles. The van der Waals surface area contributed by atoms with Crippen molar-refractivity contribution in [2.45, 2.75) is 95.1 Å². The summed E-state index contributed by atoms with van der Waals surface area (Å²) in [6.45, 7) is 30.4. The van der Waals surface area contributed by atoms with Gasteiger partial charge < -0.3 is 9.47 Å². The van der Waals surface area contributed by atoms with E-state index in [0.29, 0.717) is 16.2 Å². The quantitative estimate of drug-likeness (QED) is 0.513. The Labute approximate surface area is 152 Å². The molecule has 2 nitrogen and oxygen atoms in total. The van der Waals surface area contributed by atoms with E-state index in [9.17, 15) is 0 Å². The molecule has 0 aliphatic carbocycles. The van der Waals surface area contributed by atoms with Crippen molar-refractivity contribution >= 4 is 0 Å². The molecule has 0 atom stereocenters. The van der Waals surface area contributed by atoms with Crippen LogP contribution in [0.2, 0.25) is 0 Å². The van der Waals surface area contributed by atoms with Gasteiger partial charge in [0.1, 0.15) is 0 Å². The monoisotopic (exact) mass is 340 g/mol. The van der Waals surface area contributed by atoms with E-state index < -0.39 is 0 Å².